The Balaban J connectivity index is 2.85. The molecule has 0 radical (unpaired) electrons. The number of urea groups is 1. The van der Waals surface area contributed by atoms with Crippen LogP contribution in [0.2, 0.25) is 0 Å². The van der Waals surface area contributed by atoms with Gasteiger partial charge in [-0.2, -0.15) is 0 Å². The number of carbonyl (C=O) groups excluding carboxylic acids is 1. The van der Waals surface area contributed by atoms with Crippen molar-refractivity contribution in [1.29, 1.82) is 0 Å². The molecule has 1 aromatic rings. The van der Waals surface area contributed by atoms with Crippen molar-refractivity contribution in [3.63, 3.8) is 0 Å². The van der Waals surface area contributed by atoms with Gasteiger partial charge in [-0.3, -0.25) is 4.79 Å². The van der Waals surface area contributed by atoms with Crippen LogP contribution in [0.15, 0.2) is 18.2 Å². The molecule has 110 valence electrons. The highest BCUT2D eigenvalue weighted by Crippen LogP contribution is 2.21. The Morgan fingerprint density at radius 2 is 2.10 bits per heavy atom. The molecule has 1 aromatic carbocycles. The quantitative estimate of drug-likeness (QED) is 0.868. The van der Waals surface area contributed by atoms with Gasteiger partial charge in [0.05, 0.1) is 7.11 Å². The fourth-order valence-corrected chi connectivity index (χ4v) is 1.57. The molecule has 0 saturated carbocycles. The smallest absolute Gasteiger partial charge is 0.323 e. The number of hydrogen-bond donors (Lipinski definition) is 2. The molecule has 6 nitrogen and oxygen atoms in total. The number of aliphatic carboxylic acids is 1. The maximum Gasteiger partial charge on any atom is 0.323 e. The summed E-state index contributed by atoms with van der Waals surface area (Å²) in [6.45, 7) is 2.99. The van der Waals surface area contributed by atoms with Crippen LogP contribution in [0.5, 0.6) is 5.75 Å². The van der Waals surface area contributed by atoms with E-state index < -0.39 is 24.4 Å². The summed E-state index contributed by atoms with van der Waals surface area (Å²) in [6.07, 6.45) is 0. The molecule has 0 aromatic heterocycles. The average molecular weight is 284 g/mol. The molecule has 0 atom stereocenters. The van der Waals surface area contributed by atoms with Crippen LogP contribution in [-0.4, -0.2) is 41.7 Å². The lowest BCUT2D eigenvalue weighted by Crippen LogP contribution is -2.43. The molecule has 0 heterocycles. The van der Waals surface area contributed by atoms with E-state index in [1.807, 2.05) is 0 Å². The van der Waals surface area contributed by atoms with Gasteiger partial charge in [-0.1, -0.05) is 0 Å². The van der Waals surface area contributed by atoms with Crippen molar-refractivity contribution in [1.82, 2.24) is 4.90 Å². The van der Waals surface area contributed by atoms with E-state index in [0.717, 1.165) is 11.0 Å². The monoisotopic (exact) mass is 284 g/mol. The lowest BCUT2D eigenvalue weighted by Gasteiger charge is -2.25. The Kier molecular flexibility index (Phi) is 5.31. The van der Waals surface area contributed by atoms with Crippen LogP contribution in [0.4, 0.5) is 14.9 Å². The summed E-state index contributed by atoms with van der Waals surface area (Å²) in [4.78, 5) is 23.9. The number of carboxylic acid groups (broad SMARTS) is 1. The SMILES string of the molecule is COc1cc(NC(=O)N(CC(=O)O)C(C)C)ccc1F. The third-order valence-corrected chi connectivity index (χ3v) is 2.59. The second-order valence-electron chi connectivity index (χ2n) is 4.39. The molecule has 1 rings (SSSR count). The zero-order valence-electron chi connectivity index (χ0n) is 11.5. The van der Waals surface area contributed by atoms with Crippen molar-refractivity contribution >= 4 is 17.7 Å². The molecule has 2 N–H and O–H groups in total. The maximum absolute atomic E-state index is 13.2. The lowest BCUT2D eigenvalue weighted by molar-refractivity contribution is -0.137. The molecule has 0 saturated heterocycles. The summed E-state index contributed by atoms with van der Waals surface area (Å²) in [5, 5.41) is 11.3. The van der Waals surface area contributed by atoms with Crippen LogP contribution < -0.4 is 10.1 Å². The Hall–Kier alpha value is -2.31. The van der Waals surface area contributed by atoms with E-state index in [1.165, 1.54) is 19.2 Å². The maximum atomic E-state index is 13.2. The van der Waals surface area contributed by atoms with Gasteiger partial charge in [0.2, 0.25) is 0 Å². The van der Waals surface area contributed by atoms with E-state index in [2.05, 4.69) is 5.32 Å². The lowest BCUT2D eigenvalue weighted by atomic mass is 10.3. The molecule has 7 heteroatoms. The summed E-state index contributed by atoms with van der Waals surface area (Å²) in [6, 6.07) is 3.00. The Morgan fingerprint density at radius 1 is 1.45 bits per heavy atom. The van der Waals surface area contributed by atoms with Crippen molar-refractivity contribution < 1.29 is 23.8 Å². The van der Waals surface area contributed by atoms with E-state index >= 15 is 0 Å². The van der Waals surface area contributed by atoms with Gasteiger partial charge in [0, 0.05) is 17.8 Å². The number of carboxylic acids is 1. The Morgan fingerprint density at radius 3 is 2.60 bits per heavy atom. The van der Waals surface area contributed by atoms with Crippen LogP contribution in [0, 0.1) is 5.82 Å². The highest BCUT2D eigenvalue weighted by atomic mass is 19.1. The summed E-state index contributed by atoms with van der Waals surface area (Å²) in [5.74, 6) is -1.65. The molecular formula is C13H17FN2O4. The van der Waals surface area contributed by atoms with Gasteiger partial charge in [0.1, 0.15) is 6.54 Å². The third kappa shape index (κ3) is 4.11. The van der Waals surface area contributed by atoms with Gasteiger partial charge in [0.15, 0.2) is 11.6 Å². The minimum Gasteiger partial charge on any atom is -0.494 e. The summed E-state index contributed by atoms with van der Waals surface area (Å²) >= 11 is 0. The number of methoxy groups -OCH3 is 1. The fraction of sp³-hybridized carbons (Fsp3) is 0.385. The van der Waals surface area contributed by atoms with Crippen molar-refractivity contribution in [2.24, 2.45) is 0 Å². The molecule has 2 amide bonds. The summed E-state index contributed by atoms with van der Waals surface area (Å²) in [5.41, 5.74) is 0.323. The molecule has 0 aliphatic rings. The van der Waals surface area contributed by atoms with Crippen LogP contribution in [0.3, 0.4) is 0 Å². The molecule has 0 aliphatic carbocycles. The van der Waals surface area contributed by atoms with E-state index in [9.17, 15) is 14.0 Å². The number of ether oxygens (including phenoxy) is 1. The number of amides is 2. The largest absolute Gasteiger partial charge is 0.494 e. The summed E-state index contributed by atoms with van der Waals surface area (Å²) in [7, 11) is 1.31. The number of anilines is 1. The molecule has 0 bridgehead atoms. The second-order valence-corrected chi connectivity index (χ2v) is 4.39. The van der Waals surface area contributed by atoms with Crippen molar-refractivity contribution in [2.45, 2.75) is 19.9 Å². The van der Waals surface area contributed by atoms with Gasteiger partial charge >= 0.3 is 12.0 Å². The van der Waals surface area contributed by atoms with Gasteiger partial charge in [0.25, 0.3) is 0 Å². The van der Waals surface area contributed by atoms with Crippen molar-refractivity contribution in [2.75, 3.05) is 19.0 Å². The van der Waals surface area contributed by atoms with Gasteiger partial charge in [-0.25, -0.2) is 9.18 Å². The molecule has 0 fully saturated rings. The first-order chi connectivity index (χ1) is 9.35. The minimum atomic E-state index is -1.11. The van der Waals surface area contributed by atoms with Crippen LogP contribution in [0.25, 0.3) is 0 Å². The molecular weight excluding hydrogens is 267 g/mol. The molecule has 20 heavy (non-hydrogen) atoms. The number of benzene rings is 1. The van der Waals surface area contributed by atoms with Crippen LogP contribution in [0.1, 0.15) is 13.8 Å². The molecule has 0 aliphatic heterocycles. The van der Waals surface area contributed by atoms with Crippen LogP contribution in [-0.2, 0) is 4.79 Å². The molecule has 0 unspecified atom stereocenters. The van der Waals surface area contributed by atoms with Gasteiger partial charge in [-0.05, 0) is 26.0 Å². The Bertz CT molecular complexity index is 505. The highest BCUT2D eigenvalue weighted by Gasteiger charge is 2.20. The zero-order chi connectivity index (χ0) is 15.3. The first kappa shape index (κ1) is 15.7. The van der Waals surface area contributed by atoms with E-state index in [0.29, 0.717) is 5.69 Å². The van der Waals surface area contributed by atoms with Crippen molar-refractivity contribution in [3.05, 3.63) is 24.0 Å². The fourth-order valence-electron chi connectivity index (χ4n) is 1.57. The number of rotatable bonds is 5. The predicted molar refractivity (Wildman–Crippen MR) is 71.4 cm³/mol. The van der Waals surface area contributed by atoms with Gasteiger partial charge < -0.3 is 20.1 Å². The standard InChI is InChI=1S/C13H17FN2O4/c1-8(2)16(7-12(17)18)13(19)15-9-4-5-10(14)11(6-9)20-3/h4-6,8H,7H2,1-3H3,(H,15,19)(H,17,18). The average Bonchev–Trinajstić information content (AvgIpc) is 2.37. The molecule has 0 spiro atoms. The third-order valence-electron chi connectivity index (χ3n) is 2.59. The normalized spacial score (nSPS) is 10.2. The number of halogens is 1. The van der Waals surface area contributed by atoms with E-state index in [1.54, 1.807) is 13.8 Å². The van der Waals surface area contributed by atoms with Crippen molar-refractivity contribution in [3.8, 4) is 5.75 Å². The summed E-state index contributed by atoms with van der Waals surface area (Å²) < 4.78 is 18.0. The first-order valence-corrected chi connectivity index (χ1v) is 5.98. The van der Waals surface area contributed by atoms with E-state index in [-0.39, 0.29) is 11.8 Å². The van der Waals surface area contributed by atoms with Gasteiger partial charge in [-0.15, -0.1) is 0 Å². The van der Waals surface area contributed by atoms with Crippen LogP contribution >= 0.6 is 0 Å². The van der Waals surface area contributed by atoms with E-state index in [4.69, 9.17) is 9.84 Å². The number of carbonyl (C=O) groups is 2. The Labute approximate surface area is 116 Å². The highest BCUT2D eigenvalue weighted by molar-refractivity contribution is 5.91. The topological polar surface area (TPSA) is 78.9 Å². The number of nitrogens with one attached hydrogen (secondary N) is 1. The predicted octanol–water partition coefficient (Wildman–Crippen LogP) is 2.16. The first-order valence-electron chi connectivity index (χ1n) is 5.98. The number of hydrogen-bond acceptors (Lipinski definition) is 3. The number of nitrogens with zero attached hydrogens (tertiary/aromatic N) is 1. The second kappa shape index (κ2) is 6.74. The zero-order valence-corrected chi connectivity index (χ0v) is 11.5. The minimum absolute atomic E-state index is 0.00266.